The van der Waals surface area contributed by atoms with Crippen molar-refractivity contribution in [3.63, 3.8) is 0 Å². The Labute approximate surface area is 123 Å². The normalized spacial score (nSPS) is 12.5. The van der Waals surface area contributed by atoms with Gasteiger partial charge in [-0.15, -0.1) is 0 Å². The quantitative estimate of drug-likeness (QED) is 0.356. The van der Waals surface area contributed by atoms with E-state index < -0.39 is 35.0 Å². The summed E-state index contributed by atoms with van der Waals surface area (Å²) in [4.78, 5) is 35.4. The second-order valence-electron chi connectivity index (χ2n) is 4.57. The van der Waals surface area contributed by atoms with Crippen LogP contribution in [0.5, 0.6) is 17.2 Å². The van der Waals surface area contributed by atoms with Gasteiger partial charge in [-0.3, -0.25) is 9.59 Å². The number of carbonyl (C=O) groups is 3. The van der Waals surface area contributed by atoms with Crippen molar-refractivity contribution in [1.82, 2.24) is 0 Å². The molecule has 2 aromatic rings. The molecule has 110 valence electrons. The van der Waals surface area contributed by atoms with Crippen molar-refractivity contribution in [1.29, 1.82) is 0 Å². The zero-order valence-corrected chi connectivity index (χ0v) is 10.9. The number of hydrogen-bond donors (Lipinski definition) is 3. The Morgan fingerprint density at radius 3 is 2.09 bits per heavy atom. The third-order valence-corrected chi connectivity index (χ3v) is 3.32. The summed E-state index contributed by atoms with van der Waals surface area (Å²) in [5.41, 5.74) is -0.373. The van der Waals surface area contributed by atoms with Crippen molar-refractivity contribution in [2.75, 3.05) is 0 Å². The molecule has 22 heavy (non-hydrogen) atoms. The number of phenols is 2. The molecular formula is C15H8O7. The van der Waals surface area contributed by atoms with Crippen LogP contribution in [0.15, 0.2) is 30.3 Å². The fourth-order valence-corrected chi connectivity index (χ4v) is 2.37. The van der Waals surface area contributed by atoms with Gasteiger partial charge in [0.15, 0.2) is 23.1 Å². The first-order valence-corrected chi connectivity index (χ1v) is 6.10. The van der Waals surface area contributed by atoms with E-state index in [2.05, 4.69) is 4.74 Å². The number of fused-ring (bicyclic) bond motifs is 2. The molecule has 0 saturated carbocycles. The Morgan fingerprint density at radius 1 is 0.909 bits per heavy atom. The summed E-state index contributed by atoms with van der Waals surface area (Å²) in [5, 5.41) is 28.3. The molecule has 2 aromatic carbocycles. The average Bonchev–Trinajstić information content (AvgIpc) is 2.49. The van der Waals surface area contributed by atoms with Crippen molar-refractivity contribution in [2.24, 2.45) is 0 Å². The van der Waals surface area contributed by atoms with Gasteiger partial charge in [-0.25, -0.2) is 4.79 Å². The van der Waals surface area contributed by atoms with Gasteiger partial charge in [-0.05, 0) is 6.07 Å². The fourth-order valence-electron chi connectivity index (χ4n) is 2.37. The van der Waals surface area contributed by atoms with Crippen LogP contribution in [0.4, 0.5) is 4.79 Å². The lowest BCUT2D eigenvalue weighted by Gasteiger charge is -2.19. The van der Waals surface area contributed by atoms with Gasteiger partial charge < -0.3 is 20.1 Å². The summed E-state index contributed by atoms with van der Waals surface area (Å²) in [6.07, 6.45) is -1.73. The molecule has 1 aliphatic rings. The van der Waals surface area contributed by atoms with Crippen LogP contribution in [0, 0.1) is 0 Å². The molecule has 3 rings (SSSR count). The largest absolute Gasteiger partial charge is 0.511 e. The van der Waals surface area contributed by atoms with Gasteiger partial charge in [-0.1, -0.05) is 24.3 Å². The summed E-state index contributed by atoms with van der Waals surface area (Å²) >= 11 is 0. The molecular weight excluding hydrogens is 292 g/mol. The lowest BCUT2D eigenvalue weighted by atomic mass is 9.83. The lowest BCUT2D eigenvalue weighted by molar-refractivity contribution is 0.0975. The molecule has 1 aliphatic carbocycles. The van der Waals surface area contributed by atoms with Crippen LogP contribution < -0.4 is 4.74 Å². The summed E-state index contributed by atoms with van der Waals surface area (Å²) < 4.78 is 4.31. The summed E-state index contributed by atoms with van der Waals surface area (Å²) in [7, 11) is 0. The third kappa shape index (κ3) is 1.80. The molecule has 0 amide bonds. The fraction of sp³-hybridized carbons (Fsp3) is 0. The molecule has 3 N–H and O–H groups in total. The Balaban J connectivity index is 2.29. The molecule has 0 atom stereocenters. The van der Waals surface area contributed by atoms with E-state index in [4.69, 9.17) is 5.11 Å². The molecule has 0 bridgehead atoms. The predicted molar refractivity (Wildman–Crippen MR) is 71.7 cm³/mol. The summed E-state index contributed by atoms with van der Waals surface area (Å²) in [6, 6.07) is 6.93. The molecule has 0 heterocycles. The first-order chi connectivity index (χ1) is 10.4. The molecule has 0 aliphatic heterocycles. The molecule has 0 saturated heterocycles. The minimum absolute atomic E-state index is 0.0987. The smallest absolute Gasteiger partial charge is 0.504 e. The third-order valence-electron chi connectivity index (χ3n) is 3.32. The van der Waals surface area contributed by atoms with Gasteiger partial charge in [0.05, 0.1) is 5.56 Å². The van der Waals surface area contributed by atoms with E-state index in [0.717, 1.165) is 6.07 Å². The Kier molecular flexibility index (Phi) is 2.84. The van der Waals surface area contributed by atoms with E-state index in [0.29, 0.717) is 0 Å². The van der Waals surface area contributed by atoms with Gasteiger partial charge in [0, 0.05) is 16.7 Å². The number of rotatable bonds is 1. The van der Waals surface area contributed by atoms with Crippen LogP contribution in [-0.4, -0.2) is 33.0 Å². The Morgan fingerprint density at radius 2 is 1.50 bits per heavy atom. The van der Waals surface area contributed by atoms with Gasteiger partial charge in [0.1, 0.15) is 0 Å². The highest BCUT2D eigenvalue weighted by Gasteiger charge is 2.34. The van der Waals surface area contributed by atoms with Crippen LogP contribution in [0.25, 0.3) is 0 Å². The molecule has 7 heteroatoms. The van der Waals surface area contributed by atoms with Crippen molar-refractivity contribution in [3.05, 3.63) is 52.6 Å². The Hall–Kier alpha value is -3.35. The van der Waals surface area contributed by atoms with Gasteiger partial charge in [0.25, 0.3) is 0 Å². The average molecular weight is 300 g/mol. The minimum atomic E-state index is -1.73. The number of ether oxygens (including phenoxy) is 1. The molecule has 0 radical (unpaired) electrons. The maximum absolute atomic E-state index is 12.4. The highest BCUT2D eigenvalue weighted by Crippen LogP contribution is 2.44. The highest BCUT2D eigenvalue weighted by molar-refractivity contribution is 6.29. The van der Waals surface area contributed by atoms with Crippen LogP contribution >= 0.6 is 0 Å². The van der Waals surface area contributed by atoms with Crippen LogP contribution in [0.2, 0.25) is 0 Å². The molecule has 0 fully saturated rings. The van der Waals surface area contributed by atoms with Gasteiger partial charge in [-0.2, -0.15) is 0 Å². The summed E-state index contributed by atoms with van der Waals surface area (Å²) in [5.74, 6) is -3.64. The second-order valence-corrected chi connectivity index (χ2v) is 4.57. The molecule has 0 spiro atoms. The van der Waals surface area contributed by atoms with E-state index in [9.17, 15) is 24.6 Å². The van der Waals surface area contributed by atoms with Gasteiger partial charge in [0.2, 0.25) is 5.75 Å². The van der Waals surface area contributed by atoms with Crippen LogP contribution in [0.1, 0.15) is 31.8 Å². The van der Waals surface area contributed by atoms with E-state index >= 15 is 0 Å². The van der Waals surface area contributed by atoms with Crippen LogP contribution in [0.3, 0.4) is 0 Å². The monoisotopic (exact) mass is 300 g/mol. The van der Waals surface area contributed by atoms with Crippen molar-refractivity contribution in [2.45, 2.75) is 0 Å². The van der Waals surface area contributed by atoms with Crippen molar-refractivity contribution >= 4 is 17.7 Å². The first kappa shape index (κ1) is 13.6. The van der Waals surface area contributed by atoms with Crippen molar-refractivity contribution < 1.29 is 34.4 Å². The highest BCUT2D eigenvalue weighted by atomic mass is 16.7. The van der Waals surface area contributed by atoms with E-state index in [1.807, 2.05) is 0 Å². The number of carbonyl (C=O) groups excluding carboxylic acids is 2. The standard InChI is InChI=1S/C15H8O7/c16-11-6-3-1-2-4-7(6)12(17)10-8(11)5-9(22-15(20)21)13(18)14(10)19/h1-5,18-19H,(H,20,21). The number of carboxylic acid groups (broad SMARTS) is 1. The van der Waals surface area contributed by atoms with Crippen molar-refractivity contribution in [3.8, 4) is 17.2 Å². The molecule has 0 aromatic heterocycles. The SMILES string of the molecule is O=C(O)Oc1cc2c(c(O)c1O)C(=O)c1ccccc1C2=O. The second kappa shape index (κ2) is 4.59. The van der Waals surface area contributed by atoms with Gasteiger partial charge >= 0.3 is 6.16 Å². The Bertz CT molecular complexity index is 851. The molecule has 7 nitrogen and oxygen atoms in total. The molecule has 0 unspecified atom stereocenters. The number of hydrogen-bond acceptors (Lipinski definition) is 6. The van der Waals surface area contributed by atoms with E-state index in [1.165, 1.54) is 12.1 Å². The summed E-state index contributed by atoms with van der Waals surface area (Å²) in [6.45, 7) is 0. The number of phenolic OH excluding ortho intramolecular Hbond substituents is 2. The predicted octanol–water partition coefficient (Wildman–Crippen LogP) is 1.93. The maximum atomic E-state index is 12.4. The number of ketones is 2. The maximum Gasteiger partial charge on any atom is 0.511 e. The number of benzene rings is 2. The van der Waals surface area contributed by atoms with Crippen LogP contribution in [-0.2, 0) is 0 Å². The lowest BCUT2D eigenvalue weighted by Crippen LogP contribution is -2.21. The number of aromatic hydroxyl groups is 2. The zero-order chi connectivity index (χ0) is 16.0. The minimum Gasteiger partial charge on any atom is -0.504 e. The van der Waals surface area contributed by atoms with E-state index in [1.54, 1.807) is 12.1 Å². The van der Waals surface area contributed by atoms with E-state index in [-0.39, 0.29) is 22.3 Å². The zero-order valence-electron chi connectivity index (χ0n) is 10.9. The topological polar surface area (TPSA) is 121 Å². The first-order valence-electron chi connectivity index (χ1n) is 6.10.